The molecule has 160 valence electrons. The summed E-state index contributed by atoms with van der Waals surface area (Å²) in [5.74, 6) is -1.09. The number of amides is 2. The van der Waals surface area contributed by atoms with Crippen LogP contribution in [0, 0.1) is 5.92 Å². The van der Waals surface area contributed by atoms with Gasteiger partial charge in [-0.3, -0.25) is 14.4 Å². The van der Waals surface area contributed by atoms with Crippen molar-refractivity contribution in [1.82, 2.24) is 4.98 Å². The van der Waals surface area contributed by atoms with Crippen LogP contribution in [0.25, 0.3) is 0 Å². The van der Waals surface area contributed by atoms with Gasteiger partial charge >= 0.3 is 6.18 Å². The Hall–Kier alpha value is -3.50. The number of rotatable bonds is 5. The number of nitrogens with one attached hydrogen (secondary N) is 2. The number of H-pyrrole nitrogens is 1. The van der Waals surface area contributed by atoms with Gasteiger partial charge in [0.15, 0.2) is 0 Å². The van der Waals surface area contributed by atoms with Crippen LogP contribution in [0.1, 0.15) is 12.0 Å². The molecule has 2 N–H and O–H groups in total. The van der Waals surface area contributed by atoms with Gasteiger partial charge in [0.2, 0.25) is 11.8 Å². The number of carbonyl (C=O) groups excluding carboxylic acids is 2. The van der Waals surface area contributed by atoms with Crippen molar-refractivity contribution >= 4 is 23.2 Å². The molecule has 0 radical (unpaired) electrons. The van der Waals surface area contributed by atoms with Gasteiger partial charge in [-0.2, -0.15) is 13.2 Å². The lowest BCUT2D eigenvalue weighted by atomic mass is 10.1. The van der Waals surface area contributed by atoms with Crippen molar-refractivity contribution in [3.05, 3.63) is 46.4 Å². The minimum absolute atomic E-state index is 0.0236. The van der Waals surface area contributed by atoms with Gasteiger partial charge in [0, 0.05) is 25.2 Å². The van der Waals surface area contributed by atoms with E-state index in [9.17, 15) is 27.6 Å². The van der Waals surface area contributed by atoms with Crippen molar-refractivity contribution < 1.29 is 32.2 Å². The average molecular weight is 425 g/mol. The van der Waals surface area contributed by atoms with E-state index in [0.717, 1.165) is 0 Å². The lowest BCUT2D eigenvalue weighted by molar-refractivity contribution is -0.137. The Kier molecular flexibility index (Phi) is 5.72. The van der Waals surface area contributed by atoms with Gasteiger partial charge in [0.25, 0.3) is 5.56 Å². The fraction of sp³-hybridized carbons (Fsp3) is 0.316. The number of aromatic amines is 1. The summed E-state index contributed by atoms with van der Waals surface area (Å²) in [6.07, 6.45) is -4.33. The topological polar surface area (TPSA) is 101 Å². The number of benzene rings is 1. The number of carbonyl (C=O) groups is 2. The molecule has 1 atom stereocenters. The second-order valence-electron chi connectivity index (χ2n) is 6.56. The monoisotopic (exact) mass is 425 g/mol. The zero-order chi connectivity index (χ0) is 22.1. The lowest BCUT2D eigenvalue weighted by Gasteiger charge is -2.20. The van der Waals surface area contributed by atoms with Crippen molar-refractivity contribution in [3.8, 4) is 11.5 Å². The number of ether oxygens (including phenoxy) is 2. The van der Waals surface area contributed by atoms with Gasteiger partial charge in [0.05, 0.1) is 31.4 Å². The summed E-state index contributed by atoms with van der Waals surface area (Å²) in [5, 5.41) is 2.19. The summed E-state index contributed by atoms with van der Waals surface area (Å²) >= 11 is 0. The second kappa shape index (κ2) is 8.09. The van der Waals surface area contributed by atoms with Crippen molar-refractivity contribution in [2.45, 2.75) is 12.6 Å². The largest absolute Gasteiger partial charge is 0.497 e. The van der Waals surface area contributed by atoms with E-state index >= 15 is 0 Å². The highest BCUT2D eigenvalue weighted by atomic mass is 19.4. The minimum atomic E-state index is -4.69. The maximum atomic E-state index is 12.8. The molecule has 1 fully saturated rings. The van der Waals surface area contributed by atoms with Crippen LogP contribution in [0.2, 0.25) is 0 Å². The van der Waals surface area contributed by atoms with Gasteiger partial charge in [-0.1, -0.05) is 0 Å². The third-order valence-corrected chi connectivity index (χ3v) is 4.66. The number of aromatic nitrogens is 1. The van der Waals surface area contributed by atoms with E-state index in [0.29, 0.717) is 29.4 Å². The molecule has 3 rings (SSSR count). The predicted octanol–water partition coefficient (Wildman–Crippen LogP) is 2.40. The summed E-state index contributed by atoms with van der Waals surface area (Å²) in [5.41, 5.74) is -2.10. The van der Waals surface area contributed by atoms with Crippen LogP contribution in [0.4, 0.5) is 24.5 Å². The van der Waals surface area contributed by atoms with E-state index in [-0.39, 0.29) is 18.9 Å². The molecule has 1 unspecified atom stereocenters. The maximum absolute atomic E-state index is 12.8. The highest BCUT2D eigenvalue weighted by Gasteiger charge is 2.37. The molecule has 1 aromatic heterocycles. The van der Waals surface area contributed by atoms with Crippen LogP contribution in [0.5, 0.6) is 11.5 Å². The zero-order valence-corrected chi connectivity index (χ0v) is 16.0. The fourth-order valence-electron chi connectivity index (χ4n) is 3.10. The second-order valence-corrected chi connectivity index (χ2v) is 6.56. The highest BCUT2D eigenvalue weighted by molar-refractivity contribution is 6.04. The summed E-state index contributed by atoms with van der Waals surface area (Å²) < 4.78 is 48.9. The molecule has 0 saturated carbocycles. The van der Waals surface area contributed by atoms with Gasteiger partial charge in [-0.25, -0.2) is 0 Å². The number of alkyl halides is 3. The molecule has 0 spiro atoms. The molecule has 0 bridgehead atoms. The van der Waals surface area contributed by atoms with Crippen LogP contribution in [0.15, 0.2) is 35.3 Å². The number of methoxy groups -OCH3 is 2. The van der Waals surface area contributed by atoms with Crippen LogP contribution < -0.4 is 25.2 Å². The summed E-state index contributed by atoms with van der Waals surface area (Å²) in [6.45, 7) is -0.0236. The molecule has 1 aliphatic heterocycles. The summed E-state index contributed by atoms with van der Waals surface area (Å²) in [6, 6.07) is 5.37. The van der Waals surface area contributed by atoms with E-state index in [1.807, 2.05) is 4.98 Å². The van der Waals surface area contributed by atoms with Gasteiger partial charge in [0.1, 0.15) is 17.2 Å². The Morgan fingerprint density at radius 2 is 1.93 bits per heavy atom. The third kappa shape index (κ3) is 4.24. The number of hydrogen-bond donors (Lipinski definition) is 2. The van der Waals surface area contributed by atoms with Crippen LogP contribution in [-0.2, 0) is 15.8 Å². The minimum Gasteiger partial charge on any atom is -0.497 e. The number of hydrogen-bond acceptors (Lipinski definition) is 5. The zero-order valence-electron chi connectivity index (χ0n) is 16.0. The third-order valence-electron chi connectivity index (χ3n) is 4.66. The number of pyridine rings is 1. The molecular weight excluding hydrogens is 407 g/mol. The molecule has 2 heterocycles. The first-order valence-electron chi connectivity index (χ1n) is 8.77. The quantitative estimate of drug-likeness (QED) is 0.766. The molecule has 0 aliphatic carbocycles. The van der Waals surface area contributed by atoms with Crippen molar-refractivity contribution in [3.63, 3.8) is 0 Å². The first-order chi connectivity index (χ1) is 14.1. The highest BCUT2D eigenvalue weighted by Crippen LogP contribution is 2.36. The molecule has 2 amide bonds. The van der Waals surface area contributed by atoms with Gasteiger partial charge < -0.3 is 24.7 Å². The summed E-state index contributed by atoms with van der Waals surface area (Å²) in [4.78, 5) is 40.1. The molecule has 1 saturated heterocycles. The number of nitrogens with zero attached hydrogens (tertiary/aromatic N) is 1. The lowest BCUT2D eigenvalue weighted by Crippen LogP contribution is -2.30. The Morgan fingerprint density at radius 3 is 2.57 bits per heavy atom. The van der Waals surface area contributed by atoms with Crippen LogP contribution in [0.3, 0.4) is 0 Å². The van der Waals surface area contributed by atoms with E-state index < -0.39 is 34.8 Å². The molecule has 8 nitrogen and oxygen atoms in total. The van der Waals surface area contributed by atoms with Crippen molar-refractivity contribution in [1.29, 1.82) is 0 Å². The van der Waals surface area contributed by atoms with Crippen LogP contribution in [-0.4, -0.2) is 37.6 Å². The van der Waals surface area contributed by atoms with E-state index in [1.165, 1.54) is 19.1 Å². The molecule has 11 heteroatoms. The average Bonchev–Trinajstić information content (AvgIpc) is 3.09. The van der Waals surface area contributed by atoms with Gasteiger partial charge in [-0.05, 0) is 18.2 Å². The van der Waals surface area contributed by atoms with Crippen molar-refractivity contribution in [2.24, 2.45) is 5.92 Å². The molecular formula is C19H18F3N3O5. The SMILES string of the molecule is COc1ccc(N2CC(C(=O)Nc3cc(C(F)(F)F)c[nH]c3=O)CC2=O)c(OC)c1. The van der Waals surface area contributed by atoms with E-state index in [1.54, 1.807) is 18.2 Å². The number of halogens is 3. The first kappa shape index (κ1) is 21.2. The Morgan fingerprint density at radius 1 is 1.20 bits per heavy atom. The Labute approximate surface area is 168 Å². The Balaban J connectivity index is 1.79. The molecule has 1 aliphatic rings. The smallest absolute Gasteiger partial charge is 0.417 e. The molecule has 1 aromatic carbocycles. The van der Waals surface area contributed by atoms with Crippen LogP contribution >= 0.6 is 0 Å². The summed E-state index contributed by atoms with van der Waals surface area (Å²) in [7, 11) is 2.90. The maximum Gasteiger partial charge on any atom is 0.417 e. The van der Waals surface area contributed by atoms with Gasteiger partial charge in [-0.15, -0.1) is 0 Å². The fourth-order valence-corrected chi connectivity index (χ4v) is 3.10. The first-order valence-corrected chi connectivity index (χ1v) is 8.77. The standard InChI is InChI=1S/C19H18F3N3O5/c1-29-12-3-4-14(15(7-12)30-2)25-9-10(5-16(25)26)17(27)24-13-6-11(19(20,21)22)8-23-18(13)28/h3-4,6-8,10H,5,9H2,1-2H3,(H,23,28)(H,24,27). The number of anilines is 2. The van der Waals surface area contributed by atoms with Crippen molar-refractivity contribution in [2.75, 3.05) is 31.0 Å². The molecule has 2 aromatic rings. The van der Waals surface area contributed by atoms with E-state index in [2.05, 4.69) is 5.32 Å². The molecule has 30 heavy (non-hydrogen) atoms. The normalized spacial score (nSPS) is 16.5. The van der Waals surface area contributed by atoms with E-state index in [4.69, 9.17) is 9.47 Å². The Bertz CT molecular complexity index is 1030. The predicted molar refractivity (Wildman–Crippen MR) is 101 cm³/mol.